The van der Waals surface area contributed by atoms with E-state index in [-0.39, 0.29) is 22.7 Å². The number of aryl methyl sites for hydroxylation is 1. The summed E-state index contributed by atoms with van der Waals surface area (Å²) in [5.74, 6) is 0.918. The fourth-order valence-electron chi connectivity index (χ4n) is 6.54. The molecule has 1 amide bonds. The van der Waals surface area contributed by atoms with Gasteiger partial charge in [-0.3, -0.25) is 24.0 Å². The second-order valence-electron chi connectivity index (χ2n) is 12.7. The number of piperidine rings is 1. The van der Waals surface area contributed by atoms with Crippen LogP contribution in [0, 0.1) is 0 Å². The molecule has 2 fully saturated rings. The molecule has 0 unspecified atom stereocenters. The third-order valence-corrected chi connectivity index (χ3v) is 11.0. The van der Waals surface area contributed by atoms with Gasteiger partial charge in [-0.15, -0.1) is 0 Å². The number of hydrogen-bond acceptors (Lipinski definition) is 12. The molecule has 0 atom stereocenters. The number of halogens is 1. The van der Waals surface area contributed by atoms with Crippen LogP contribution in [0.2, 0.25) is 5.02 Å². The van der Waals surface area contributed by atoms with Crippen LogP contribution in [0.4, 0.5) is 28.8 Å². The lowest BCUT2D eigenvalue weighted by Gasteiger charge is -2.42. The summed E-state index contributed by atoms with van der Waals surface area (Å²) in [6.07, 6.45) is 8.16. The number of likely N-dealkylation sites (tertiary alicyclic amines) is 1. The molecule has 50 heavy (non-hydrogen) atoms. The highest BCUT2D eigenvalue weighted by Crippen LogP contribution is 2.37. The number of benzene rings is 2. The Kier molecular flexibility index (Phi) is 10.6. The van der Waals surface area contributed by atoms with Crippen molar-refractivity contribution in [3.63, 3.8) is 0 Å². The van der Waals surface area contributed by atoms with E-state index in [0.717, 1.165) is 68.2 Å². The van der Waals surface area contributed by atoms with Crippen molar-refractivity contribution < 1.29 is 17.9 Å². The second-order valence-corrected chi connectivity index (χ2v) is 15.1. The first-order chi connectivity index (χ1) is 24.0. The van der Waals surface area contributed by atoms with E-state index in [1.54, 1.807) is 25.3 Å². The number of sulfonamides is 1. The van der Waals surface area contributed by atoms with Gasteiger partial charge in [-0.05, 0) is 56.1 Å². The summed E-state index contributed by atoms with van der Waals surface area (Å²) >= 11 is 6.54. The molecule has 0 aliphatic carbocycles. The van der Waals surface area contributed by atoms with E-state index in [4.69, 9.17) is 16.3 Å². The number of piperazine rings is 1. The molecule has 0 radical (unpaired) electrons. The summed E-state index contributed by atoms with van der Waals surface area (Å²) in [6.45, 7) is 7.79. The van der Waals surface area contributed by atoms with Crippen molar-refractivity contribution in [2.75, 3.05) is 81.7 Å². The number of nitrogens with one attached hydrogen (secondary N) is 2. The van der Waals surface area contributed by atoms with Crippen molar-refractivity contribution in [1.82, 2.24) is 34.6 Å². The predicted molar refractivity (Wildman–Crippen MR) is 197 cm³/mol. The lowest BCUT2D eigenvalue weighted by atomic mass is 9.98. The van der Waals surface area contributed by atoms with Gasteiger partial charge in [0.15, 0.2) is 5.82 Å². The molecule has 2 N–H and O–H groups in total. The van der Waals surface area contributed by atoms with Crippen LogP contribution in [0.5, 0.6) is 5.75 Å². The lowest BCUT2D eigenvalue weighted by Crippen LogP contribution is -2.53. The maximum absolute atomic E-state index is 13.9. The molecule has 16 heteroatoms. The topological polar surface area (TPSA) is 149 Å². The molecule has 266 valence electrons. The Balaban J connectivity index is 1.23. The second kappa shape index (κ2) is 14.9. The Morgan fingerprint density at radius 3 is 2.42 bits per heavy atom. The molecule has 2 aromatic heterocycles. The fraction of sp³-hybridized carbons (Fsp3) is 0.441. The normalized spacial score (nSPS) is 16.4. The van der Waals surface area contributed by atoms with Crippen LogP contribution in [0.15, 0.2) is 42.9 Å². The smallest absolute Gasteiger partial charge is 0.254 e. The minimum absolute atomic E-state index is 0.00713. The number of carbonyl (C=O) groups excluding carboxylic acids is 1. The van der Waals surface area contributed by atoms with Crippen LogP contribution in [0.25, 0.3) is 11.0 Å². The van der Waals surface area contributed by atoms with E-state index in [9.17, 15) is 13.2 Å². The van der Waals surface area contributed by atoms with Gasteiger partial charge < -0.3 is 25.2 Å². The van der Waals surface area contributed by atoms with E-state index in [2.05, 4.69) is 47.4 Å². The minimum Gasteiger partial charge on any atom is -0.495 e. The molecular weight excluding hydrogens is 680 g/mol. The van der Waals surface area contributed by atoms with Crippen molar-refractivity contribution in [1.29, 1.82) is 0 Å². The molecule has 2 saturated heterocycles. The Hall–Kier alpha value is -4.31. The summed E-state index contributed by atoms with van der Waals surface area (Å²) in [5, 5.41) is 6.60. The largest absolute Gasteiger partial charge is 0.495 e. The maximum Gasteiger partial charge on any atom is 0.254 e. The number of rotatable bonds is 10. The third-order valence-electron chi connectivity index (χ3n) is 9.51. The highest BCUT2D eigenvalue weighted by Gasteiger charge is 2.30. The Labute approximate surface area is 297 Å². The summed E-state index contributed by atoms with van der Waals surface area (Å²) in [6, 6.07) is 7.62. The Morgan fingerprint density at radius 1 is 1.02 bits per heavy atom. The number of amides is 1. The molecule has 14 nitrogen and oxygen atoms in total. The van der Waals surface area contributed by atoms with E-state index in [1.165, 1.54) is 25.6 Å². The zero-order valence-corrected chi connectivity index (χ0v) is 30.6. The van der Waals surface area contributed by atoms with Gasteiger partial charge in [-0.2, -0.15) is 4.98 Å². The zero-order chi connectivity index (χ0) is 35.6. The molecule has 2 aliphatic heterocycles. The Bertz CT molecular complexity index is 1980. The summed E-state index contributed by atoms with van der Waals surface area (Å²) < 4.78 is 32.1. The Morgan fingerprint density at radius 2 is 1.74 bits per heavy atom. The number of fused-ring (bicyclic) bond motifs is 1. The lowest BCUT2D eigenvalue weighted by molar-refractivity contribution is 0.0518. The molecular formula is C34H43ClN10O4S. The van der Waals surface area contributed by atoms with Gasteiger partial charge in [0.25, 0.3) is 5.91 Å². The number of aromatic nitrogens is 4. The van der Waals surface area contributed by atoms with E-state index in [1.807, 2.05) is 17.9 Å². The minimum atomic E-state index is -3.66. The fourth-order valence-corrected chi connectivity index (χ4v) is 7.20. The molecule has 2 aromatic carbocycles. The number of ether oxygens (including phenoxy) is 1. The van der Waals surface area contributed by atoms with Crippen LogP contribution in [0.3, 0.4) is 0 Å². The van der Waals surface area contributed by atoms with Crippen LogP contribution in [0.1, 0.15) is 35.7 Å². The number of likely N-dealkylation sites (N-methyl/N-ethyl adjacent to an activating group) is 1. The van der Waals surface area contributed by atoms with E-state index < -0.39 is 10.0 Å². The van der Waals surface area contributed by atoms with Crippen molar-refractivity contribution in [2.24, 2.45) is 0 Å². The van der Waals surface area contributed by atoms with Gasteiger partial charge in [0.2, 0.25) is 16.0 Å². The molecule has 0 spiro atoms. The highest BCUT2D eigenvalue weighted by molar-refractivity contribution is 7.92. The first-order valence-corrected chi connectivity index (χ1v) is 18.9. The van der Waals surface area contributed by atoms with Crippen LogP contribution in [-0.4, -0.2) is 122 Å². The molecule has 4 heterocycles. The van der Waals surface area contributed by atoms with E-state index in [0.29, 0.717) is 51.9 Å². The molecule has 6 rings (SSSR count). The molecule has 2 aliphatic rings. The number of nitrogens with zero attached hydrogens (tertiary/aromatic N) is 8. The van der Waals surface area contributed by atoms with E-state index >= 15 is 0 Å². The van der Waals surface area contributed by atoms with Crippen LogP contribution >= 0.6 is 11.6 Å². The van der Waals surface area contributed by atoms with Gasteiger partial charge in [0, 0.05) is 70.3 Å². The highest BCUT2D eigenvalue weighted by atomic mass is 35.5. The number of anilines is 5. The van der Waals surface area contributed by atoms with Crippen molar-refractivity contribution in [2.45, 2.75) is 32.2 Å². The molecule has 0 bridgehead atoms. The van der Waals surface area contributed by atoms with Crippen molar-refractivity contribution in [3.05, 3.63) is 59.0 Å². The van der Waals surface area contributed by atoms with Crippen molar-refractivity contribution >= 4 is 67.4 Å². The van der Waals surface area contributed by atoms with Gasteiger partial charge in [0.05, 0.1) is 36.5 Å². The number of hydrogen-bond donors (Lipinski definition) is 2. The molecule has 0 saturated carbocycles. The van der Waals surface area contributed by atoms with Gasteiger partial charge >= 0.3 is 0 Å². The number of methoxy groups -OCH3 is 1. The molecule has 4 aromatic rings. The number of carbonyl (C=O) groups is 1. The van der Waals surface area contributed by atoms with Crippen molar-refractivity contribution in [3.8, 4) is 5.75 Å². The average Bonchev–Trinajstić information content (AvgIpc) is 3.12. The van der Waals surface area contributed by atoms with Gasteiger partial charge in [-0.1, -0.05) is 18.5 Å². The quantitative estimate of drug-likeness (QED) is 0.239. The standard InChI is InChI=1S/C34H43ClN10O4S/c1-6-22-19-28(29(49-4)20-24(22)33(46)45-13-9-23(10-14-45)44-17-15-42(2)16-18-44)40-34-38-21-25(35)32(41-34)39-27-8-7-26-30(37-12-11-36-26)31(27)43(3)50(5,47)48/h7-8,11-12,19-21,23H,6,9-10,13-18H2,1-5H3,(H2,38,39,40,41). The predicted octanol–water partition coefficient (Wildman–Crippen LogP) is 4.38. The van der Waals surface area contributed by atoms with Gasteiger partial charge in [-0.25, -0.2) is 13.4 Å². The summed E-state index contributed by atoms with van der Waals surface area (Å²) in [7, 11) is 1.51. The first-order valence-electron chi connectivity index (χ1n) is 16.6. The monoisotopic (exact) mass is 722 g/mol. The van der Waals surface area contributed by atoms with Gasteiger partial charge in [0.1, 0.15) is 22.0 Å². The zero-order valence-electron chi connectivity index (χ0n) is 29.0. The maximum atomic E-state index is 13.9. The van der Waals surface area contributed by atoms with Crippen LogP contribution in [-0.2, 0) is 16.4 Å². The third kappa shape index (κ3) is 7.55. The summed E-state index contributed by atoms with van der Waals surface area (Å²) in [5.41, 5.74) is 3.68. The SMILES string of the molecule is CCc1cc(Nc2ncc(Cl)c(Nc3ccc4nccnc4c3N(C)S(C)(=O)=O)n2)c(OC)cc1C(=O)N1CCC(N2CCN(C)CC2)CC1. The first kappa shape index (κ1) is 35.5. The summed E-state index contributed by atoms with van der Waals surface area (Å²) in [4.78, 5) is 38.4. The van der Waals surface area contributed by atoms with Crippen LogP contribution < -0.4 is 19.7 Å². The average molecular weight is 723 g/mol.